The molecule has 0 spiro atoms. The predicted octanol–water partition coefficient (Wildman–Crippen LogP) is 1.25. The van der Waals surface area contributed by atoms with Crippen molar-refractivity contribution in [2.45, 2.75) is 40.0 Å². The molecular weight excluding hydrogens is 190 g/mol. The average molecular weight is 211 g/mol. The maximum Gasteiger partial charge on any atom is 0.0739 e. The Bertz CT molecular complexity index is 320. The second-order valence-electron chi connectivity index (χ2n) is 3.91. The number of hydrogen-bond donors (Lipinski definition) is 1. The van der Waals surface area contributed by atoms with Crippen molar-refractivity contribution in [3.63, 3.8) is 0 Å². The van der Waals surface area contributed by atoms with Crippen LogP contribution in [0, 0.1) is 13.8 Å². The molecule has 0 amide bonds. The van der Waals surface area contributed by atoms with Gasteiger partial charge in [0.05, 0.1) is 18.3 Å². The van der Waals surface area contributed by atoms with E-state index in [0.29, 0.717) is 0 Å². The number of methoxy groups -OCH3 is 1. The van der Waals surface area contributed by atoms with Gasteiger partial charge in [0.2, 0.25) is 0 Å². The zero-order valence-electron chi connectivity index (χ0n) is 10.3. The number of hydrogen-bond acceptors (Lipinski definition) is 3. The van der Waals surface area contributed by atoms with Crippen molar-refractivity contribution >= 4 is 0 Å². The molecule has 0 fully saturated rings. The van der Waals surface area contributed by atoms with Crippen molar-refractivity contribution < 1.29 is 4.74 Å². The molecule has 1 aromatic rings. The first-order valence-corrected chi connectivity index (χ1v) is 5.30. The highest BCUT2D eigenvalue weighted by Crippen LogP contribution is 2.13. The van der Waals surface area contributed by atoms with E-state index in [1.807, 2.05) is 25.6 Å². The first-order chi connectivity index (χ1) is 7.10. The lowest BCUT2D eigenvalue weighted by Crippen LogP contribution is -2.17. The number of ether oxygens (including phenoxy) is 1. The summed E-state index contributed by atoms with van der Waals surface area (Å²) in [6.45, 7) is 7.89. The van der Waals surface area contributed by atoms with Gasteiger partial charge in [0.15, 0.2) is 0 Å². The maximum atomic E-state index is 5.24. The fraction of sp³-hybridized carbons (Fsp3) is 0.727. The number of aromatic nitrogens is 2. The van der Waals surface area contributed by atoms with Crippen molar-refractivity contribution in [3.8, 4) is 0 Å². The molecule has 1 unspecified atom stereocenters. The third-order valence-electron chi connectivity index (χ3n) is 2.72. The van der Waals surface area contributed by atoms with Crippen LogP contribution in [0.25, 0.3) is 0 Å². The molecule has 1 N–H and O–H groups in total. The minimum absolute atomic E-state index is 0.199. The van der Waals surface area contributed by atoms with Crippen LogP contribution in [-0.4, -0.2) is 30.0 Å². The van der Waals surface area contributed by atoms with Crippen LogP contribution in [-0.2, 0) is 17.8 Å². The van der Waals surface area contributed by atoms with Crippen LogP contribution in [0.4, 0.5) is 0 Å². The van der Waals surface area contributed by atoms with Crippen molar-refractivity contribution in [1.82, 2.24) is 15.1 Å². The normalized spacial score (nSPS) is 13.1. The van der Waals surface area contributed by atoms with Crippen LogP contribution in [0.1, 0.15) is 23.9 Å². The molecule has 0 aliphatic heterocycles. The Hall–Kier alpha value is -0.870. The van der Waals surface area contributed by atoms with Crippen LogP contribution in [0.5, 0.6) is 0 Å². The number of aryl methyl sites for hydroxylation is 1. The minimum Gasteiger partial charge on any atom is -0.380 e. The van der Waals surface area contributed by atoms with Crippen LogP contribution in [0.3, 0.4) is 0 Å². The number of nitrogens with one attached hydrogen (secondary N) is 1. The average Bonchev–Trinajstić information content (AvgIpc) is 2.46. The Labute approximate surface area is 91.6 Å². The molecule has 1 aromatic heterocycles. The van der Waals surface area contributed by atoms with Gasteiger partial charge in [-0.15, -0.1) is 0 Å². The zero-order chi connectivity index (χ0) is 11.4. The highest BCUT2D eigenvalue weighted by molar-refractivity contribution is 5.24. The summed E-state index contributed by atoms with van der Waals surface area (Å²) in [6, 6.07) is 0. The van der Waals surface area contributed by atoms with E-state index in [4.69, 9.17) is 4.74 Å². The van der Waals surface area contributed by atoms with Gasteiger partial charge in [0.1, 0.15) is 0 Å². The molecule has 0 aromatic carbocycles. The smallest absolute Gasteiger partial charge is 0.0739 e. The van der Waals surface area contributed by atoms with Crippen LogP contribution >= 0.6 is 0 Å². The van der Waals surface area contributed by atoms with Gasteiger partial charge in [-0.3, -0.25) is 4.68 Å². The molecule has 1 rings (SSSR count). The molecular formula is C11H21N3O. The molecule has 0 aliphatic carbocycles. The lowest BCUT2D eigenvalue weighted by Gasteiger charge is -2.11. The van der Waals surface area contributed by atoms with Crippen molar-refractivity contribution in [2.75, 3.05) is 14.2 Å². The van der Waals surface area contributed by atoms with Crippen LogP contribution < -0.4 is 5.32 Å². The SMILES string of the molecule is CNCc1c(C)nn(CC(C)OC)c1C. The first kappa shape index (κ1) is 12.2. The van der Waals surface area contributed by atoms with E-state index in [-0.39, 0.29) is 6.10 Å². The molecule has 86 valence electrons. The Morgan fingerprint density at radius 1 is 1.47 bits per heavy atom. The van der Waals surface area contributed by atoms with Gasteiger partial charge in [0, 0.05) is 24.9 Å². The molecule has 1 heterocycles. The summed E-state index contributed by atoms with van der Waals surface area (Å²) >= 11 is 0. The van der Waals surface area contributed by atoms with Crippen molar-refractivity contribution in [2.24, 2.45) is 0 Å². The Morgan fingerprint density at radius 3 is 2.67 bits per heavy atom. The van der Waals surface area contributed by atoms with Gasteiger partial charge >= 0.3 is 0 Å². The van der Waals surface area contributed by atoms with Gasteiger partial charge in [-0.05, 0) is 27.8 Å². The maximum absolute atomic E-state index is 5.24. The van der Waals surface area contributed by atoms with Gasteiger partial charge in [-0.2, -0.15) is 5.10 Å². The summed E-state index contributed by atoms with van der Waals surface area (Å²) < 4.78 is 7.27. The molecule has 0 bridgehead atoms. The number of rotatable bonds is 5. The van der Waals surface area contributed by atoms with Crippen molar-refractivity contribution in [1.29, 1.82) is 0 Å². The van der Waals surface area contributed by atoms with Gasteiger partial charge < -0.3 is 10.1 Å². The summed E-state index contributed by atoms with van der Waals surface area (Å²) in [4.78, 5) is 0. The first-order valence-electron chi connectivity index (χ1n) is 5.30. The topological polar surface area (TPSA) is 39.1 Å². The van der Waals surface area contributed by atoms with Crippen LogP contribution in [0.2, 0.25) is 0 Å². The second-order valence-corrected chi connectivity index (χ2v) is 3.91. The monoisotopic (exact) mass is 211 g/mol. The summed E-state index contributed by atoms with van der Waals surface area (Å²) in [5.41, 5.74) is 3.62. The Kier molecular flexibility index (Phi) is 4.29. The second kappa shape index (κ2) is 5.28. The summed E-state index contributed by atoms with van der Waals surface area (Å²) in [7, 11) is 3.68. The van der Waals surface area contributed by atoms with E-state index in [0.717, 1.165) is 18.8 Å². The highest BCUT2D eigenvalue weighted by Gasteiger charge is 2.12. The van der Waals surface area contributed by atoms with E-state index in [2.05, 4.69) is 17.3 Å². The zero-order valence-corrected chi connectivity index (χ0v) is 10.3. The minimum atomic E-state index is 0.199. The molecule has 4 nitrogen and oxygen atoms in total. The van der Waals surface area contributed by atoms with Gasteiger partial charge in [-0.25, -0.2) is 0 Å². The molecule has 0 radical (unpaired) electrons. The Morgan fingerprint density at radius 2 is 2.13 bits per heavy atom. The summed E-state index contributed by atoms with van der Waals surface area (Å²) in [5.74, 6) is 0. The van der Waals surface area contributed by atoms with E-state index >= 15 is 0 Å². The number of nitrogens with zero attached hydrogens (tertiary/aromatic N) is 2. The molecule has 0 aliphatic rings. The van der Waals surface area contributed by atoms with Gasteiger partial charge in [-0.1, -0.05) is 0 Å². The van der Waals surface area contributed by atoms with Gasteiger partial charge in [0.25, 0.3) is 0 Å². The molecule has 15 heavy (non-hydrogen) atoms. The predicted molar refractivity (Wildman–Crippen MR) is 60.9 cm³/mol. The molecule has 4 heteroatoms. The molecule has 1 atom stereocenters. The third-order valence-corrected chi connectivity index (χ3v) is 2.72. The summed E-state index contributed by atoms with van der Waals surface area (Å²) in [5, 5.41) is 7.68. The quantitative estimate of drug-likeness (QED) is 0.797. The lowest BCUT2D eigenvalue weighted by molar-refractivity contribution is 0.0991. The van der Waals surface area contributed by atoms with E-state index in [1.54, 1.807) is 7.11 Å². The Balaban J connectivity index is 2.86. The fourth-order valence-electron chi connectivity index (χ4n) is 1.66. The van der Waals surface area contributed by atoms with Crippen molar-refractivity contribution in [3.05, 3.63) is 17.0 Å². The van der Waals surface area contributed by atoms with E-state index in [9.17, 15) is 0 Å². The largest absolute Gasteiger partial charge is 0.380 e. The van der Waals surface area contributed by atoms with E-state index < -0.39 is 0 Å². The fourth-order valence-corrected chi connectivity index (χ4v) is 1.66. The van der Waals surface area contributed by atoms with Crippen LogP contribution in [0.15, 0.2) is 0 Å². The third kappa shape index (κ3) is 2.79. The highest BCUT2D eigenvalue weighted by atomic mass is 16.5. The van der Waals surface area contributed by atoms with E-state index in [1.165, 1.54) is 11.3 Å². The lowest BCUT2D eigenvalue weighted by atomic mass is 10.2. The standard InChI is InChI=1S/C11H21N3O/c1-8(15-5)7-14-10(3)11(6-12-4)9(2)13-14/h8,12H,6-7H2,1-5H3. The molecule has 0 saturated heterocycles. The summed E-state index contributed by atoms with van der Waals surface area (Å²) in [6.07, 6.45) is 0.199. The molecule has 0 saturated carbocycles.